The average Bonchev–Trinajstić information content (AvgIpc) is 3.08. The van der Waals surface area contributed by atoms with E-state index in [2.05, 4.69) is 31.2 Å². The number of amides is 1. The van der Waals surface area contributed by atoms with E-state index in [0.29, 0.717) is 10.3 Å². The summed E-state index contributed by atoms with van der Waals surface area (Å²) in [5.74, 6) is 0.343. The standard InChI is InChI=1S/C19H21BrN4O3S/c1-3-11(2)17(18-22-15-6-4-5-7-16(15)23-18)24-19(25)13-10-12(28(21,26)27)8-9-14(13)20/h4-11,17H,3H2,1-2H3,(H,22,23)(H,24,25)(H2,21,26,27). The molecule has 0 aliphatic carbocycles. The van der Waals surface area contributed by atoms with E-state index in [9.17, 15) is 13.2 Å². The summed E-state index contributed by atoms with van der Waals surface area (Å²) in [5, 5.41) is 8.17. The predicted octanol–water partition coefficient (Wildman–Crippen LogP) is 3.49. The van der Waals surface area contributed by atoms with Crippen molar-refractivity contribution >= 4 is 42.9 Å². The van der Waals surface area contributed by atoms with Crippen LogP contribution in [-0.2, 0) is 10.0 Å². The second-order valence-electron chi connectivity index (χ2n) is 6.66. The van der Waals surface area contributed by atoms with E-state index in [0.717, 1.165) is 17.5 Å². The lowest BCUT2D eigenvalue weighted by Crippen LogP contribution is -2.33. The van der Waals surface area contributed by atoms with Gasteiger partial charge in [-0.3, -0.25) is 4.79 Å². The highest BCUT2D eigenvalue weighted by atomic mass is 79.9. The molecule has 2 atom stereocenters. The number of halogens is 1. The molecule has 1 heterocycles. The largest absolute Gasteiger partial charge is 0.342 e. The average molecular weight is 465 g/mol. The third-order valence-electron chi connectivity index (χ3n) is 4.71. The van der Waals surface area contributed by atoms with Gasteiger partial charge in [0.05, 0.1) is 27.5 Å². The number of aromatic amines is 1. The lowest BCUT2D eigenvalue weighted by atomic mass is 9.98. The minimum Gasteiger partial charge on any atom is -0.342 e. The van der Waals surface area contributed by atoms with E-state index in [1.54, 1.807) is 0 Å². The Morgan fingerprint density at radius 2 is 2.00 bits per heavy atom. The lowest BCUT2D eigenvalue weighted by molar-refractivity contribution is 0.0919. The summed E-state index contributed by atoms with van der Waals surface area (Å²) in [7, 11) is -3.91. The molecule has 9 heteroatoms. The summed E-state index contributed by atoms with van der Waals surface area (Å²) in [6.45, 7) is 4.05. The summed E-state index contributed by atoms with van der Waals surface area (Å²) in [6.07, 6.45) is 0.820. The lowest BCUT2D eigenvalue weighted by Gasteiger charge is -2.23. The van der Waals surface area contributed by atoms with Crippen molar-refractivity contribution in [3.8, 4) is 0 Å². The number of fused-ring (bicyclic) bond motifs is 1. The van der Waals surface area contributed by atoms with Gasteiger partial charge in [-0.2, -0.15) is 0 Å². The highest BCUT2D eigenvalue weighted by Gasteiger charge is 2.25. The Kier molecular flexibility index (Phi) is 5.87. The molecule has 0 saturated heterocycles. The number of benzene rings is 2. The van der Waals surface area contributed by atoms with Crippen LogP contribution in [0, 0.1) is 5.92 Å². The smallest absolute Gasteiger partial charge is 0.253 e. The van der Waals surface area contributed by atoms with E-state index in [4.69, 9.17) is 5.14 Å². The molecule has 2 aromatic carbocycles. The van der Waals surface area contributed by atoms with Crippen LogP contribution in [-0.4, -0.2) is 24.3 Å². The molecule has 7 nitrogen and oxygen atoms in total. The summed E-state index contributed by atoms with van der Waals surface area (Å²) in [5.41, 5.74) is 1.89. The first-order valence-electron chi connectivity index (χ1n) is 8.78. The minimum atomic E-state index is -3.91. The molecule has 1 amide bonds. The van der Waals surface area contributed by atoms with E-state index < -0.39 is 15.9 Å². The zero-order valence-electron chi connectivity index (χ0n) is 15.4. The third kappa shape index (κ3) is 4.26. The number of hydrogen-bond donors (Lipinski definition) is 3. The summed E-state index contributed by atoms with van der Waals surface area (Å²) in [4.78, 5) is 20.7. The van der Waals surface area contributed by atoms with Crippen LogP contribution in [0.25, 0.3) is 11.0 Å². The fourth-order valence-corrected chi connectivity index (χ4v) is 3.88. The quantitative estimate of drug-likeness (QED) is 0.517. The van der Waals surface area contributed by atoms with Crippen LogP contribution >= 0.6 is 15.9 Å². The maximum absolute atomic E-state index is 12.9. The molecule has 0 radical (unpaired) electrons. The molecule has 0 spiro atoms. The van der Waals surface area contributed by atoms with Crippen molar-refractivity contribution in [2.45, 2.75) is 31.2 Å². The van der Waals surface area contributed by atoms with Gasteiger partial charge in [-0.1, -0.05) is 32.4 Å². The van der Waals surface area contributed by atoms with Crippen molar-refractivity contribution in [1.82, 2.24) is 15.3 Å². The number of hydrogen-bond acceptors (Lipinski definition) is 4. The molecule has 1 aromatic heterocycles. The van der Waals surface area contributed by atoms with Crippen LogP contribution in [0.2, 0.25) is 0 Å². The monoisotopic (exact) mass is 464 g/mol. The van der Waals surface area contributed by atoms with Gasteiger partial charge in [-0.25, -0.2) is 18.5 Å². The molecule has 0 aliphatic heterocycles. The number of carbonyl (C=O) groups excluding carboxylic acids is 1. The number of H-pyrrole nitrogens is 1. The second kappa shape index (κ2) is 8.02. The molecule has 3 rings (SSSR count). The van der Waals surface area contributed by atoms with Gasteiger partial charge in [-0.05, 0) is 52.2 Å². The summed E-state index contributed by atoms with van der Waals surface area (Å²) < 4.78 is 23.7. The molecule has 2 unspecified atom stereocenters. The van der Waals surface area contributed by atoms with Gasteiger partial charge in [0.25, 0.3) is 5.91 Å². The Morgan fingerprint density at radius 1 is 1.29 bits per heavy atom. The molecule has 28 heavy (non-hydrogen) atoms. The number of nitrogens with zero attached hydrogens (tertiary/aromatic N) is 1. The Bertz CT molecular complexity index is 1090. The van der Waals surface area contributed by atoms with E-state index in [-0.39, 0.29) is 22.4 Å². The molecule has 0 fully saturated rings. The van der Waals surface area contributed by atoms with Crippen molar-refractivity contribution < 1.29 is 13.2 Å². The number of aromatic nitrogens is 2. The van der Waals surface area contributed by atoms with Crippen LogP contribution in [0.1, 0.15) is 42.5 Å². The normalized spacial score (nSPS) is 14.0. The maximum atomic E-state index is 12.9. The number of sulfonamides is 1. The second-order valence-corrected chi connectivity index (χ2v) is 9.08. The Hall–Kier alpha value is -2.23. The topological polar surface area (TPSA) is 118 Å². The van der Waals surface area contributed by atoms with Crippen LogP contribution in [0.15, 0.2) is 51.8 Å². The van der Waals surface area contributed by atoms with Crippen molar-refractivity contribution in [3.05, 3.63) is 58.3 Å². The molecule has 0 aliphatic rings. The van der Waals surface area contributed by atoms with Crippen molar-refractivity contribution in [1.29, 1.82) is 0 Å². The third-order valence-corrected chi connectivity index (χ3v) is 6.32. The Balaban J connectivity index is 1.96. The highest BCUT2D eigenvalue weighted by Crippen LogP contribution is 2.27. The van der Waals surface area contributed by atoms with Crippen LogP contribution in [0.5, 0.6) is 0 Å². The van der Waals surface area contributed by atoms with E-state index in [1.165, 1.54) is 18.2 Å². The first-order valence-corrected chi connectivity index (χ1v) is 11.1. The van der Waals surface area contributed by atoms with Gasteiger partial charge in [0.2, 0.25) is 10.0 Å². The number of primary sulfonamides is 1. The number of para-hydroxylation sites is 2. The van der Waals surface area contributed by atoms with Gasteiger partial charge in [-0.15, -0.1) is 0 Å². The van der Waals surface area contributed by atoms with Crippen LogP contribution in [0.4, 0.5) is 0 Å². The predicted molar refractivity (Wildman–Crippen MR) is 111 cm³/mol. The SMILES string of the molecule is CCC(C)C(NC(=O)c1cc(S(N)(=O)=O)ccc1Br)c1nc2ccccc2[nH]1. The first kappa shape index (κ1) is 20.5. The Morgan fingerprint density at radius 3 is 2.64 bits per heavy atom. The highest BCUT2D eigenvalue weighted by molar-refractivity contribution is 9.10. The number of carbonyl (C=O) groups is 1. The van der Waals surface area contributed by atoms with Crippen molar-refractivity contribution in [2.24, 2.45) is 11.1 Å². The van der Waals surface area contributed by atoms with Crippen LogP contribution < -0.4 is 10.5 Å². The zero-order chi connectivity index (χ0) is 20.5. The Labute approximate surface area is 171 Å². The minimum absolute atomic E-state index is 0.102. The molecular weight excluding hydrogens is 444 g/mol. The van der Waals surface area contributed by atoms with Gasteiger partial charge in [0.15, 0.2) is 0 Å². The van der Waals surface area contributed by atoms with Crippen molar-refractivity contribution in [2.75, 3.05) is 0 Å². The van der Waals surface area contributed by atoms with Gasteiger partial charge < -0.3 is 10.3 Å². The molecule has 148 valence electrons. The molecule has 0 saturated carbocycles. The summed E-state index contributed by atoms with van der Waals surface area (Å²) >= 11 is 3.31. The van der Waals surface area contributed by atoms with E-state index in [1.807, 2.05) is 38.1 Å². The van der Waals surface area contributed by atoms with Crippen molar-refractivity contribution in [3.63, 3.8) is 0 Å². The van der Waals surface area contributed by atoms with Gasteiger partial charge in [0.1, 0.15) is 5.82 Å². The maximum Gasteiger partial charge on any atom is 0.253 e. The number of imidazole rings is 1. The van der Waals surface area contributed by atoms with E-state index >= 15 is 0 Å². The molecular formula is C19H21BrN4O3S. The first-order chi connectivity index (χ1) is 13.2. The number of rotatable bonds is 6. The van der Waals surface area contributed by atoms with Gasteiger partial charge >= 0.3 is 0 Å². The van der Waals surface area contributed by atoms with Gasteiger partial charge in [0, 0.05) is 4.47 Å². The fraction of sp³-hybridized carbons (Fsp3) is 0.263. The fourth-order valence-electron chi connectivity index (χ4n) is 2.91. The molecule has 3 aromatic rings. The summed E-state index contributed by atoms with van der Waals surface area (Å²) in [6, 6.07) is 11.4. The van der Waals surface area contributed by atoms with Crippen LogP contribution in [0.3, 0.4) is 0 Å². The zero-order valence-corrected chi connectivity index (χ0v) is 17.8. The molecule has 0 bridgehead atoms. The number of nitrogens with two attached hydrogens (primary N) is 1. The molecule has 4 N–H and O–H groups in total. The number of nitrogens with one attached hydrogen (secondary N) is 2.